The Balaban J connectivity index is 1.15. The maximum Gasteiger partial charge on any atom is 0.135 e. The fraction of sp³-hybridized carbons (Fsp3) is 0. The first kappa shape index (κ1) is 25.1. The molecular formula is C42H25N3O. The van der Waals surface area contributed by atoms with E-state index >= 15 is 0 Å². The predicted molar refractivity (Wildman–Crippen MR) is 190 cm³/mol. The third-order valence-corrected chi connectivity index (χ3v) is 9.27. The van der Waals surface area contributed by atoms with Crippen LogP contribution in [0, 0.1) is 0 Å². The molecular weight excluding hydrogens is 562 g/mol. The SMILES string of the molecule is c1ccc(-n2c3ccccc3c3cc(-c4ccc5oc6ccc(-c7nc8cnccc8c8ccccc78)cc6c5c4)ccc32)cc1. The van der Waals surface area contributed by atoms with E-state index in [2.05, 4.69) is 143 Å². The van der Waals surface area contributed by atoms with Crippen molar-refractivity contribution < 1.29 is 4.42 Å². The smallest absolute Gasteiger partial charge is 0.135 e. The second kappa shape index (κ2) is 9.62. The molecule has 0 aliphatic carbocycles. The normalized spacial score (nSPS) is 11.9. The zero-order valence-corrected chi connectivity index (χ0v) is 24.7. The summed E-state index contributed by atoms with van der Waals surface area (Å²) in [5, 5.41) is 8.05. The summed E-state index contributed by atoms with van der Waals surface area (Å²) in [6.07, 6.45) is 3.67. The minimum absolute atomic E-state index is 0.865. The second-order valence-electron chi connectivity index (χ2n) is 11.8. The molecule has 0 radical (unpaired) electrons. The molecule has 0 saturated heterocycles. The van der Waals surface area contributed by atoms with Crippen LogP contribution in [0.25, 0.3) is 93.5 Å². The maximum atomic E-state index is 6.34. The van der Waals surface area contributed by atoms with E-state index in [-0.39, 0.29) is 0 Å². The van der Waals surface area contributed by atoms with E-state index in [4.69, 9.17) is 9.40 Å². The highest BCUT2D eigenvalue weighted by molar-refractivity contribution is 6.13. The molecule has 4 nitrogen and oxygen atoms in total. The van der Waals surface area contributed by atoms with E-state index in [1.54, 1.807) is 0 Å². The fourth-order valence-electron chi connectivity index (χ4n) is 7.14. The number of rotatable bonds is 3. The van der Waals surface area contributed by atoms with Crippen LogP contribution in [0.1, 0.15) is 0 Å². The highest BCUT2D eigenvalue weighted by atomic mass is 16.3. The van der Waals surface area contributed by atoms with Crippen molar-refractivity contribution in [3.63, 3.8) is 0 Å². The molecule has 4 heterocycles. The maximum absolute atomic E-state index is 6.34. The Morgan fingerprint density at radius 2 is 1.09 bits per heavy atom. The molecule has 0 N–H and O–H groups in total. The zero-order chi connectivity index (χ0) is 30.2. The molecule has 0 fully saturated rings. The molecule has 10 rings (SSSR count). The molecule has 4 aromatic heterocycles. The van der Waals surface area contributed by atoms with Crippen LogP contribution in [0.3, 0.4) is 0 Å². The van der Waals surface area contributed by atoms with Crippen LogP contribution in [0.2, 0.25) is 0 Å². The number of benzene rings is 6. The summed E-state index contributed by atoms with van der Waals surface area (Å²) in [6, 6.07) is 49.5. The summed E-state index contributed by atoms with van der Waals surface area (Å²) in [5.41, 5.74) is 10.5. The predicted octanol–water partition coefficient (Wildman–Crippen LogP) is 11.1. The monoisotopic (exact) mass is 587 g/mol. The van der Waals surface area contributed by atoms with Crippen molar-refractivity contribution in [2.75, 3.05) is 0 Å². The van der Waals surface area contributed by atoms with Crippen LogP contribution in [-0.4, -0.2) is 14.5 Å². The van der Waals surface area contributed by atoms with Gasteiger partial charge in [0.1, 0.15) is 11.2 Å². The number of nitrogens with zero attached hydrogens (tertiary/aromatic N) is 3. The highest BCUT2D eigenvalue weighted by Crippen LogP contribution is 2.39. The van der Waals surface area contributed by atoms with Crippen LogP contribution in [0.15, 0.2) is 156 Å². The summed E-state index contributed by atoms with van der Waals surface area (Å²) in [5.74, 6) is 0. The van der Waals surface area contributed by atoms with Gasteiger partial charge in [-0.3, -0.25) is 4.98 Å². The van der Waals surface area contributed by atoms with Crippen LogP contribution in [-0.2, 0) is 0 Å². The lowest BCUT2D eigenvalue weighted by Crippen LogP contribution is -1.92. The molecule has 0 amide bonds. The number of pyridine rings is 2. The fourth-order valence-corrected chi connectivity index (χ4v) is 7.14. The molecule has 0 aliphatic heterocycles. The van der Waals surface area contributed by atoms with Gasteiger partial charge in [0, 0.05) is 49.8 Å². The van der Waals surface area contributed by atoms with Crippen molar-refractivity contribution in [2.24, 2.45) is 0 Å². The summed E-state index contributed by atoms with van der Waals surface area (Å²) < 4.78 is 8.69. The largest absolute Gasteiger partial charge is 0.456 e. The molecule has 10 aromatic rings. The minimum Gasteiger partial charge on any atom is -0.456 e. The molecule has 46 heavy (non-hydrogen) atoms. The minimum atomic E-state index is 0.865. The standard InChI is InChI=1S/C42H25N3O/c1-2-8-29(9-3-1)45-38-13-7-6-11-32(38)34-22-26(14-17-39(34)45)27-15-18-40-35(23-27)36-24-28(16-19-41(36)46-40)42-33-12-5-4-10-30(33)31-20-21-43-25-37(31)44-42/h1-25H. The van der Waals surface area contributed by atoms with Gasteiger partial charge >= 0.3 is 0 Å². The Hall–Kier alpha value is -6.26. The lowest BCUT2D eigenvalue weighted by Gasteiger charge is -2.10. The van der Waals surface area contributed by atoms with Crippen molar-refractivity contribution in [3.8, 4) is 28.1 Å². The van der Waals surface area contributed by atoms with Crippen LogP contribution < -0.4 is 0 Å². The first-order chi connectivity index (χ1) is 22.8. The first-order valence-electron chi connectivity index (χ1n) is 15.5. The van der Waals surface area contributed by atoms with Crippen LogP contribution >= 0.6 is 0 Å². The summed E-state index contributed by atoms with van der Waals surface area (Å²) >= 11 is 0. The number of para-hydroxylation sites is 2. The Labute approximate surface area is 263 Å². The molecule has 0 aliphatic rings. The Morgan fingerprint density at radius 1 is 0.457 bits per heavy atom. The van der Waals surface area contributed by atoms with Crippen molar-refractivity contribution >= 4 is 65.4 Å². The molecule has 6 aromatic carbocycles. The Kier molecular flexibility index (Phi) is 5.25. The topological polar surface area (TPSA) is 43.9 Å². The van der Waals surface area contributed by atoms with Gasteiger partial charge in [-0.2, -0.15) is 0 Å². The van der Waals surface area contributed by atoms with Gasteiger partial charge in [-0.05, 0) is 83.2 Å². The number of furan rings is 1. The Bertz CT molecular complexity index is 2810. The molecule has 4 heteroatoms. The van der Waals surface area contributed by atoms with Gasteiger partial charge in [0.05, 0.1) is 28.4 Å². The zero-order valence-electron chi connectivity index (χ0n) is 24.7. The van der Waals surface area contributed by atoms with Crippen molar-refractivity contribution in [1.29, 1.82) is 0 Å². The van der Waals surface area contributed by atoms with Crippen molar-refractivity contribution in [1.82, 2.24) is 14.5 Å². The molecule has 214 valence electrons. The molecule has 0 spiro atoms. The lowest BCUT2D eigenvalue weighted by atomic mass is 9.98. The first-order valence-corrected chi connectivity index (χ1v) is 15.5. The van der Waals surface area contributed by atoms with Gasteiger partial charge in [-0.1, -0.05) is 72.8 Å². The third kappa shape index (κ3) is 3.67. The van der Waals surface area contributed by atoms with E-state index in [0.29, 0.717) is 0 Å². The Morgan fingerprint density at radius 3 is 1.91 bits per heavy atom. The number of aromatic nitrogens is 3. The molecule has 0 unspecified atom stereocenters. The highest BCUT2D eigenvalue weighted by Gasteiger charge is 2.16. The van der Waals surface area contributed by atoms with E-state index in [1.165, 1.54) is 32.8 Å². The van der Waals surface area contributed by atoms with E-state index in [0.717, 1.165) is 60.7 Å². The van der Waals surface area contributed by atoms with E-state index < -0.39 is 0 Å². The van der Waals surface area contributed by atoms with Gasteiger partial charge in [0.2, 0.25) is 0 Å². The number of hydrogen-bond donors (Lipinski definition) is 0. The lowest BCUT2D eigenvalue weighted by molar-refractivity contribution is 0.669. The summed E-state index contributed by atoms with van der Waals surface area (Å²) in [7, 11) is 0. The van der Waals surface area contributed by atoms with Crippen molar-refractivity contribution in [3.05, 3.63) is 152 Å². The third-order valence-electron chi connectivity index (χ3n) is 9.27. The van der Waals surface area contributed by atoms with Gasteiger partial charge in [0.25, 0.3) is 0 Å². The van der Waals surface area contributed by atoms with Crippen LogP contribution in [0.4, 0.5) is 0 Å². The van der Waals surface area contributed by atoms with Gasteiger partial charge < -0.3 is 8.98 Å². The van der Waals surface area contributed by atoms with E-state index in [9.17, 15) is 0 Å². The quantitative estimate of drug-likeness (QED) is 0.193. The van der Waals surface area contributed by atoms with Gasteiger partial charge in [-0.15, -0.1) is 0 Å². The summed E-state index contributed by atoms with van der Waals surface area (Å²) in [4.78, 5) is 9.44. The van der Waals surface area contributed by atoms with Gasteiger partial charge in [0.15, 0.2) is 0 Å². The van der Waals surface area contributed by atoms with Gasteiger partial charge in [-0.25, -0.2) is 4.98 Å². The molecule has 0 saturated carbocycles. The van der Waals surface area contributed by atoms with E-state index in [1.807, 2.05) is 18.5 Å². The average Bonchev–Trinajstić information content (AvgIpc) is 3.66. The molecule has 0 atom stereocenters. The second-order valence-corrected chi connectivity index (χ2v) is 11.8. The van der Waals surface area contributed by atoms with Crippen molar-refractivity contribution in [2.45, 2.75) is 0 Å². The summed E-state index contributed by atoms with van der Waals surface area (Å²) in [6.45, 7) is 0. The van der Waals surface area contributed by atoms with Crippen LogP contribution in [0.5, 0.6) is 0 Å². The number of hydrogen-bond acceptors (Lipinski definition) is 3. The average molecular weight is 588 g/mol. The number of fused-ring (bicyclic) bond motifs is 9. The molecule has 0 bridgehead atoms.